The fraction of sp³-hybridized carbons (Fsp3) is 0.222. The second kappa shape index (κ2) is 6.17. The number of rotatable bonds is 5. The van der Waals surface area contributed by atoms with Crippen molar-refractivity contribution in [2.75, 3.05) is 0 Å². The predicted octanol–water partition coefficient (Wildman–Crippen LogP) is 4.13. The molecule has 1 saturated carbocycles. The lowest BCUT2D eigenvalue weighted by Gasteiger charge is -2.01. The lowest BCUT2D eigenvalue weighted by atomic mass is 10.2. The number of hydrogen-bond donors (Lipinski definition) is 2. The van der Waals surface area contributed by atoms with Crippen LogP contribution < -0.4 is 5.32 Å². The van der Waals surface area contributed by atoms with E-state index in [1.807, 2.05) is 42.5 Å². The molecule has 0 saturated heterocycles. The summed E-state index contributed by atoms with van der Waals surface area (Å²) in [4.78, 5) is 12.1. The Labute approximate surface area is 144 Å². The van der Waals surface area contributed by atoms with E-state index in [2.05, 4.69) is 15.5 Å². The predicted molar refractivity (Wildman–Crippen MR) is 90.9 cm³/mol. The Morgan fingerprint density at radius 1 is 1.25 bits per heavy atom. The van der Waals surface area contributed by atoms with Crippen LogP contribution in [0.15, 0.2) is 46.9 Å². The molecule has 1 aromatic carbocycles. The van der Waals surface area contributed by atoms with E-state index in [1.54, 1.807) is 0 Å². The van der Waals surface area contributed by atoms with Crippen LogP contribution in [0.5, 0.6) is 0 Å². The Balaban J connectivity index is 1.38. The Morgan fingerprint density at radius 3 is 2.79 bits per heavy atom. The standard InChI is InChI=1S/C18H16ClN3O2/c19-13-5-3-12(4-6-13)17-8-7-14(24-17)10-20-18(23)16-9-15(21-22-16)11-1-2-11/h3-9,11H,1-2,10H2,(H,20,23)(H,21,22). The summed E-state index contributed by atoms with van der Waals surface area (Å²) in [6.45, 7) is 0.318. The number of aromatic nitrogens is 2. The molecule has 0 bridgehead atoms. The highest BCUT2D eigenvalue weighted by atomic mass is 35.5. The fourth-order valence-corrected chi connectivity index (χ4v) is 2.68. The quantitative estimate of drug-likeness (QED) is 0.733. The fourth-order valence-electron chi connectivity index (χ4n) is 2.56. The van der Waals surface area contributed by atoms with Crippen molar-refractivity contribution in [3.05, 3.63) is 64.6 Å². The molecule has 5 nitrogen and oxygen atoms in total. The van der Waals surface area contributed by atoms with Gasteiger partial charge in [-0.2, -0.15) is 5.10 Å². The monoisotopic (exact) mass is 341 g/mol. The number of hydrogen-bond acceptors (Lipinski definition) is 3. The molecule has 24 heavy (non-hydrogen) atoms. The van der Waals surface area contributed by atoms with E-state index in [9.17, 15) is 4.79 Å². The van der Waals surface area contributed by atoms with Crippen LogP contribution in [0.25, 0.3) is 11.3 Å². The first-order valence-corrected chi connectivity index (χ1v) is 8.25. The Bertz CT molecular complexity index is 863. The van der Waals surface area contributed by atoms with Gasteiger partial charge in [0.15, 0.2) is 0 Å². The molecule has 0 spiro atoms. The molecule has 1 aliphatic carbocycles. The van der Waals surface area contributed by atoms with Crippen LogP contribution in [0.2, 0.25) is 5.02 Å². The van der Waals surface area contributed by atoms with E-state index in [0.29, 0.717) is 28.9 Å². The van der Waals surface area contributed by atoms with Gasteiger partial charge in [0.05, 0.1) is 6.54 Å². The maximum absolute atomic E-state index is 12.1. The van der Waals surface area contributed by atoms with Crippen LogP contribution in [0.1, 0.15) is 40.7 Å². The van der Waals surface area contributed by atoms with E-state index >= 15 is 0 Å². The number of nitrogens with zero attached hydrogens (tertiary/aromatic N) is 1. The second-order valence-electron chi connectivity index (χ2n) is 5.94. The molecule has 0 unspecified atom stereocenters. The van der Waals surface area contributed by atoms with Gasteiger partial charge >= 0.3 is 0 Å². The van der Waals surface area contributed by atoms with E-state index in [0.717, 1.165) is 17.0 Å². The lowest BCUT2D eigenvalue weighted by Crippen LogP contribution is -2.22. The van der Waals surface area contributed by atoms with Gasteiger partial charge in [-0.05, 0) is 55.3 Å². The Hall–Kier alpha value is -2.53. The molecule has 1 fully saturated rings. The first-order valence-electron chi connectivity index (χ1n) is 7.87. The zero-order chi connectivity index (χ0) is 16.5. The first kappa shape index (κ1) is 15.0. The van der Waals surface area contributed by atoms with Crippen molar-refractivity contribution < 1.29 is 9.21 Å². The summed E-state index contributed by atoms with van der Waals surface area (Å²) in [5.74, 6) is 1.77. The van der Waals surface area contributed by atoms with Crippen molar-refractivity contribution in [1.29, 1.82) is 0 Å². The van der Waals surface area contributed by atoms with E-state index < -0.39 is 0 Å². The average Bonchev–Trinajstić information content (AvgIpc) is 3.13. The normalized spacial score (nSPS) is 13.9. The van der Waals surface area contributed by atoms with Crippen LogP contribution in [0, 0.1) is 0 Å². The number of H-pyrrole nitrogens is 1. The molecule has 0 aliphatic heterocycles. The Morgan fingerprint density at radius 2 is 2.04 bits per heavy atom. The molecule has 6 heteroatoms. The molecular formula is C18H16ClN3O2. The summed E-state index contributed by atoms with van der Waals surface area (Å²) in [6, 6.07) is 13.0. The van der Waals surface area contributed by atoms with Crippen molar-refractivity contribution in [2.24, 2.45) is 0 Å². The Kier molecular flexibility index (Phi) is 3.86. The van der Waals surface area contributed by atoms with Crippen molar-refractivity contribution in [3.63, 3.8) is 0 Å². The lowest BCUT2D eigenvalue weighted by molar-refractivity contribution is 0.0943. The van der Waals surface area contributed by atoms with E-state index in [1.165, 1.54) is 12.8 Å². The highest BCUT2D eigenvalue weighted by Gasteiger charge is 2.26. The summed E-state index contributed by atoms with van der Waals surface area (Å²) >= 11 is 5.89. The number of carbonyl (C=O) groups excluding carboxylic acids is 1. The zero-order valence-corrected chi connectivity index (χ0v) is 13.6. The molecule has 1 aliphatic rings. The number of nitrogens with one attached hydrogen (secondary N) is 2. The third-order valence-corrected chi connectivity index (χ3v) is 4.31. The third kappa shape index (κ3) is 3.21. The zero-order valence-electron chi connectivity index (χ0n) is 12.9. The van der Waals surface area contributed by atoms with Gasteiger partial charge in [-0.15, -0.1) is 0 Å². The summed E-state index contributed by atoms with van der Waals surface area (Å²) < 4.78 is 5.76. The highest BCUT2D eigenvalue weighted by molar-refractivity contribution is 6.30. The number of amides is 1. The van der Waals surface area contributed by atoms with Crippen molar-refractivity contribution >= 4 is 17.5 Å². The van der Waals surface area contributed by atoms with Gasteiger partial charge in [0.2, 0.25) is 0 Å². The molecule has 4 rings (SSSR count). The molecular weight excluding hydrogens is 326 g/mol. The smallest absolute Gasteiger partial charge is 0.272 e. The minimum absolute atomic E-state index is 0.206. The number of halogens is 1. The van der Waals surface area contributed by atoms with Crippen molar-refractivity contribution in [1.82, 2.24) is 15.5 Å². The topological polar surface area (TPSA) is 70.9 Å². The number of furan rings is 1. The van der Waals surface area contributed by atoms with Gasteiger partial charge in [0.1, 0.15) is 17.2 Å². The van der Waals surface area contributed by atoms with E-state index in [4.69, 9.17) is 16.0 Å². The van der Waals surface area contributed by atoms with E-state index in [-0.39, 0.29) is 5.91 Å². The summed E-state index contributed by atoms with van der Waals surface area (Å²) in [5.41, 5.74) is 2.41. The van der Waals surface area contributed by atoms with Crippen molar-refractivity contribution in [2.45, 2.75) is 25.3 Å². The SMILES string of the molecule is O=C(NCc1ccc(-c2ccc(Cl)cc2)o1)c1cc(C2CC2)[nH]n1. The molecule has 0 radical (unpaired) electrons. The number of benzene rings is 1. The van der Waals surface area contributed by atoms with Crippen LogP contribution in [-0.2, 0) is 6.54 Å². The van der Waals surface area contributed by atoms with Gasteiger partial charge in [-0.3, -0.25) is 9.89 Å². The summed E-state index contributed by atoms with van der Waals surface area (Å²) in [6.07, 6.45) is 2.34. The van der Waals surface area contributed by atoms with Crippen molar-refractivity contribution in [3.8, 4) is 11.3 Å². The van der Waals surface area contributed by atoms with Gasteiger partial charge in [0.25, 0.3) is 5.91 Å². The van der Waals surface area contributed by atoms with Crippen LogP contribution in [0.3, 0.4) is 0 Å². The second-order valence-corrected chi connectivity index (χ2v) is 6.37. The minimum atomic E-state index is -0.206. The third-order valence-electron chi connectivity index (χ3n) is 4.06. The molecule has 2 heterocycles. The van der Waals surface area contributed by atoms with Crippen LogP contribution >= 0.6 is 11.6 Å². The van der Waals surface area contributed by atoms with Gasteiger partial charge < -0.3 is 9.73 Å². The number of aromatic amines is 1. The number of carbonyl (C=O) groups is 1. The minimum Gasteiger partial charge on any atom is -0.459 e. The van der Waals surface area contributed by atoms with Crippen LogP contribution in [0.4, 0.5) is 0 Å². The molecule has 2 N–H and O–H groups in total. The molecule has 2 aromatic heterocycles. The molecule has 3 aromatic rings. The van der Waals surface area contributed by atoms with Crippen LogP contribution in [-0.4, -0.2) is 16.1 Å². The van der Waals surface area contributed by atoms with Gasteiger partial charge in [-0.1, -0.05) is 11.6 Å². The average molecular weight is 342 g/mol. The summed E-state index contributed by atoms with van der Waals surface area (Å²) in [7, 11) is 0. The largest absolute Gasteiger partial charge is 0.459 e. The molecule has 1 amide bonds. The summed E-state index contributed by atoms with van der Waals surface area (Å²) in [5, 5.41) is 10.5. The van der Waals surface area contributed by atoms with Gasteiger partial charge in [-0.25, -0.2) is 0 Å². The maximum atomic E-state index is 12.1. The maximum Gasteiger partial charge on any atom is 0.272 e. The molecule has 0 atom stereocenters. The van der Waals surface area contributed by atoms with Gasteiger partial charge in [0, 0.05) is 22.2 Å². The highest BCUT2D eigenvalue weighted by Crippen LogP contribution is 2.38. The molecule has 122 valence electrons. The first-order chi connectivity index (χ1) is 11.7.